The first-order valence-corrected chi connectivity index (χ1v) is 6.64. The predicted octanol–water partition coefficient (Wildman–Crippen LogP) is 1.63. The molecule has 0 aromatic rings. The lowest BCUT2D eigenvalue weighted by atomic mass is 9.91. The van der Waals surface area contributed by atoms with Crippen LogP contribution in [-0.2, 0) is 4.74 Å². The van der Waals surface area contributed by atoms with Crippen molar-refractivity contribution >= 4 is 0 Å². The zero-order chi connectivity index (χ0) is 11.6. The second kappa shape index (κ2) is 5.03. The van der Waals surface area contributed by atoms with Crippen molar-refractivity contribution in [3.05, 3.63) is 0 Å². The van der Waals surface area contributed by atoms with Crippen molar-refractivity contribution in [1.29, 1.82) is 0 Å². The quantitative estimate of drug-likeness (QED) is 0.774. The number of hydrogen-bond acceptors (Lipinski definition) is 3. The van der Waals surface area contributed by atoms with Gasteiger partial charge in [-0.05, 0) is 53.1 Å². The van der Waals surface area contributed by atoms with E-state index in [1.165, 1.54) is 32.4 Å². The first-order valence-electron chi connectivity index (χ1n) is 6.64. The molecule has 3 nitrogen and oxygen atoms in total. The number of likely N-dealkylation sites (tertiary alicyclic amines) is 1. The first kappa shape index (κ1) is 12.3. The Balaban J connectivity index is 1.76. The van der Waals surface area contributed by atoms with Gasteiger partial charge in [-0.1, -0.05) is 0 Å². The number of piperidine rings is 2. The van der Waals surface area contributed by atoms with Crippen molar-refractivity contribution in [3.8, 4) is 0 Å². The number of rotatable bonds is 2. The normalized spacial score (nSPS) is 32.8. The molecule has 0 aliphatic carbocycles. The molecule has 2 rings (SSSR count). The van der Waals surface area contributed by atoms with Crippen LogP contribution in [0.15, 0.2) is 0 Å². The highest BCUT2D eigenvalue weighted by molar-refractivity contribution is 4.87. The summed E-state index contributed by atoms with van der Waals surface area (Å²) in [6.07, 6.45) is 5.73. The lowest BCUT2D eigenvalue weighted by Gasteiger charge is -2.39. The van der Waals surface area contributed by atoms with Crippen LogP contribution in [0.4, 0.5) is 0 Å². The van der Waals surface area contributed by atoms with Crippen LogP contribution in [0.5, 0.6) is 0 Å². The number of nitrogens with one attached hydrogen (secondary N) is 1. The van der Waals surface area contributed by atoms with Gasteiger partial charge in [-0.2, -0.15) is 0 Å². The van der Waals surface area contributed by atoms with Gasteiger partial charge in [0.15, 0.2) is 0 Å². The van der Waals surface area contributed by atoms with Crippen LogP contribution >= 0.6 is 0 Å². The summed E-state index contributed by atoms with van der Waals surface area (Å²) in [7, 11) is 2.20. The van der Waals surface area contributed by atoms with Gasteiger partial charge in [0.25, 0.3) is 0 Å². The number of hydrogen-bond donors (Lipinski definition) is 1. The fraction of sp³-hybridized carbons (Fsp3) is 1.00. The largest absolute Gasteiger partial charge is 0.375 e. The molecule has 0 aromatic heterocycles. The Labute approximate surface area is 99.5 Å². The van der Waals surface area contributed by atoms with E-state index in [4.69, 9.17) is 4.74 Å². The summed E-state index contributed by atoms with van der Waals surface area (Å²) in [5, 5.41) is 3.54. The van der Waals surface area contributed by atoms with Crippen LogP contribution in [0.3, 0.4) is 0 Å². The molecule has 16 heavy (non-hydrogen) atoms. The van der Waals surface area contributed by atoms with Crippen molar-refractivity contribution in [2.24, 2.45) is 0 Å². The Hall–Kier alpha value is -0.120. The highest BCUT2D eigenvalue weighted by atomic mass is 16.5. The van der Waals surface area contributed by atoms with Gasteiger partial charge in [0.05, 0.1) is 12.2 Å². The summed E-state index contributed by atoms with van der Waals surface area (Å²) in [6, 6.07) is 0. The van der Waals surface area contributed by atoms with E-state index in [1.807, 2.05) is 0 Å². The molecular formula is C13H26N2O. The first-order chi connectivity index (χ1) is 7.55. The second-order valence-corrected chi connectivity index (χ2v) is 6.06. The molecule has 1 unspecified atom stereocenters. The zero-order valence-corrected chi connectivity index (χ0v) is 11.0. The van der Waals surface area contributed by atoms with Crippen molar-refractivity contribution in [1.82, 2.24) is 10.2 Å². The topological polar surface area (TPSA) is 24.5 Å². The van der Waals surface area contributed by atoms with Crippen molar-refractivity contribution in [3.63, 3.8) is 0 Å². The molecule has 2 aliphatic rings. The fourth-order valence-electron chi connectivity index (χ4n) is 2.82. The molecule has 0 spiro atoms. The van der Waals surface area contributed by atoms with Crippen molar-refractivity contribution in [2.75, 3.05) is 26.7 Å². The molecule has 2 saturated heterocycles. The minimum absolute atomic E-state index is 0.258. The van der Waals surface area contributed by atoms with Gasteiger partial charge in [0.2, 0.25) is 0 Å². The standard InChI is InChI=1S/C13H26N2O/c1-13(2)10-12(4-7-14-13)16-11-5-8-15(3)9-6-11/h11-12,14H,4-10H2,1-3H3. The lowest BCUT2D eigenvalue weighted by Crippen LogP contribution is -2.49. The van der Waals surface area contributed by atoms with Gasteiger partial charge < -0.3 is 15.0 Å². The SMILES string of the molecule is CN1CCC(OC2CCNC(C)(C)C2)CC1. The second-order valence-electron chi connectivity index (χ2n) is 6.06. The Morgan fingerprint density at radius 1 is 1.12 bits per heavy atom. The fourth-order valence-corrected chi connectivity index (χ4v) is 2.82. The van der Waals surface area contributed by atoms with Crippen molar-refractivity contribution < 1.29 is 4.74 Å². The van der Waals surface area contributed by atoms with E-state index in [0.29, 0.717) is 12.2 Å². The molecular weight excluding hydrogens is 200 g/mol. The van der Waals surface area contributed by atoms with Crippen LogP contribution in [0.2, 0.25) is 0 Å². The summed E-state index contributed by atoms with van der Waals surface area (Å²) >= 11 is 0. The highest BCUT2D eigenvalue weighted by Gasteiger charge is 2.30. The predicted molar refractivity (Wildman–Crippen MR) is 66.7 cm³/mol. The molecule has 0 bridgehead atoms. The van der Waals surface area contributed by atoms with E-state index in [0.717, 1.165) is 13.0 Å². The highest BCUT2D eigenvalue weighted by Crippen LogP contribution is 2.24. The van der Waals surface area contributed by atoms with Gasteiger partial charge in [-0.15, -0.1) is 0 Å². The molecule has 0 aromatic carbocycles. The molecule has 0 radical (unpaired) electrons. The Bertz CT molecular complexity index is 222. The maximum absolute atomic E-state index is 6.25. The molecule has 94 valence electrons. The zero-order valence-electron chi connectivity index (χ0n) is 11.0. The van der Waals surface area contributed by atoms with Crippen LogP contribution in [0.1, 0.15) is 39.5 Å². The molecule has 0 saturated carbocycles. The molecule has 2 heterocycles. The lowest BCUT2D eigenvalue weighted by molar-refractivity contribution is -0.0634. The van der Waals surface area contributed by atoms with Crippen molar-refractivity contribution in [2.45, 2.75) is 57.3 Å². The third-order valence-electron chi connectivity index (χ3n) is 3.86. The maximum atomic E-state index is 6.25. The van der Waals surface area contributed by atoms with Gasteiger partial charge in [-0.25, -0.2) is 0 Å². The minimum Gasteiger partial charge on any atom is -0.375 e. The smallest absolute Gasteiger partial charge is 0.0608 e. The average Bonchev–Trinajstić information content (AvgIpc) is 2.20. The molecule has 3 heteroatoms. The Morgan fingerprint density at radius 2 is 1.81 bits per heavy atom. The minimum atomic E-state index is 0.258. The van der Waals surface area contributed by atoms with Gasteiger partial charge in [0, 0.05) is 18.6 Å². The summed E-state index contributed by atoms with van der Waals surface area (Å²) in [4.78, 5) is 2.40. The number of ether oxygens (including phenoxy) is 1. The number of nitrogens with zero attached hydrogens (tertiary/aromatic N) is 1. The third kappa shape index (κ3) is 3.44. The van der Waals surface area contributed by atoms with E-state index >= 15 is 0 Å². The van der Waals surface area contributed by atoms with Crippen LogP contribution in [0.25, 0.3) is 0 Å². The molecule has 2 aliphatic heterocycles. The Morgan fingerprint density at radius 3 is 2.44 bits per heavy atom. The molecule has 1 N–H and O–H groups in total. The van der Waals surface area contributed by atoms with E-state index in [-0.39, 0.29) is 5.54 Å². The van der Waals surface area contributed by atoms with E-state index in [2.05, 4.69) is 31.1 Å². The van der Waals surface area contributed by atoms with E-state index in [9.17, 15) is 0 Å². The molecule has 1 atom stereocenters. The van der Waals surface area contributed by atoms with Crippen LogP contribution < -0.4 is 5.32 Å². The van der Waals surface area contributed by atoms with Crippen LogP contribution in [-0.4, -0.2) is 49.3 Å². The van der Waals surface area contributed by atoms with E-state index in [1.54, 1.807) is 0 Å². The van der Waals surface area contributed by atoms with E-state index < -0.39 is 0 Å². The maximum Gasteiger partial charge on any atom is 0.0608 e. The van der Waals surface area contributed by atoms with Gasteiger partial charge in [0.1, 0.15) is 0 Å². The average molecular weight is 226 g/mol. The van der Waals surface area contributed by atoms with Gasteiger partial charge in [-0.3, -0.25) is 0 Å². The summed E-state index contributed by atoms with van der Waals surface area (Å²) in [6.45, 7) is 8.04. The van der Waals surface area contributed by atoms with Gasteiger partial charge >= 0.3 is 0 Å². The summed E-state index contributed by atoms with van der Waals surface area (Å²) < 4.78 is 6.25. The molecule has 2 fully saturated rings. The monoisotopic (exact) mass is 226 g/mol. The van der Waals surface area contributed by atoms with Crippen LogP contribution in [0, 0.1) is 0 Å². The Kier molecular flexibility index (Phi) is 3.88. The molecule has 0 amide bonds. The third-order valence-corrected chi connectivity index (χ3v) is 3.86. The summed E-state index contributed by atoms with van der Waals surface area (Å²) in [5.41, 5.74) is 0.258. The summed E-state index contributed by atoms with van der Waals surface area (Å²) in [5.74, 6) is 0.